The Morgan fingerprint density at radius 3 is 2.41 bits per heavy atom. The van der Waals surface area contributed by atoms with Gasteiger partial charge in [0.05, 0.1) is 17.4 Å². The molecule has 0 radical (unpaired) electrons. The van der Waals surface area contributed by atoms with Crippen molar-refractivity contribution in [3.8, 4) is 16.8 Å². The molecule has 3 heteroatoms. The maximum Gasteiger partial charge on any atom is 0.0639 e. The first-order valence-electron chi connectivity index (χ1n) is 7.25. The molecule has 0 amide bonds. The van der Waals surface area contributed by atoms with Gasteiger partial charge in [-0.25, -0.2) is 0 Å². The molecule has 0 fully saturated rings. The van der Waals surface area contributed by atoms with Gasteiger partial charge in [0.1, 0.15) is 0 Å². The van der Waals surface area contributed by atoms with Gasteiger partial charge in [-0.1, -0.05) is 6.07 Å². The Labute approximate surface area is 128 Å². The third-order valence-corrected chi connectivity index (χ3v) is 3.89. The molecule has 0 unspecified atom stereocenters. The van der Waals surface area contributed by atoms with Crippen molar-refractivity contribution in [1.29, 1.82) is 0 Å². The number of benzene rings is 1. The SMILES string of the molecule is Cc1cc(-c2cccnc2)cc2ccn(-c3cccnc3)c12. The van der Waals surface area contributed by atoms with Crippen molar-refractivity contribution in [2.24, 2.45) is 0 Å². The van der Waals surface area contributed by atoms with E-state index in [2.05, 4.69) is 58.0 Å². The molecule has 1 aromatic carbocycles. The fraction of sp³-hybridized carbons (Fsp3) is 0.0526. The van der Waals surface area contributed by atoms with Crippen molar-refractivity contribution in [2.45, 2.75) is 6.92 Å². The fourth-order valence-electron chi connectivity index (χ4n) is 2.90. The summed E-state index contributed by atoms with van der Waals surface area (Å²) in [6.07, 6.45) is 9.48. The quantitative estimate of drug-likeness (QED) is 0.546. The van der Waals surface area contributed by atoms with Crippen LogP contribution in [0.5, 0.6) is 0 Å². The van der Waals surface area contributed by atoms with Crippen LogP contribution in [0, 0.1) is 6.92 Å². The first-order valence-corrected chi connectivity index (χ1v) is 7.25. The molecule has 0 atom stereocenters. The largest absolute Gasteiger partial charge is 0.315 e. The van der Waals surface area contributed by atoms with Crippen LogP contribution >= 0.6 is 0 Å². The standard InChI is InChI=1S/C19H15N3/c1-14-10-17(16-4-2-7-20-12-16)11-15-6-9-22(19(14)15)18-5-3-8-21-13-18/h2-13H,1H3. The second-order valence-corrected chi connectivity index (χ2v) is 5.37. The fourth-order valence-corrected chi connectivity index (χ4v) is 2.90. The minimum absolute atomic E-state index is 1.08. The predicted octanol–water partition coefficient (Wildman–Crippen LogP) is 4.40. The van der Waals surface area contributed by atoms with Crippen LogP contribution in [0.25, 0.3) is 27.7 Å². The van der Waals surface area contributed by atoms with Gasteiger partial charge in [0.2, 0.25) is 0 Å². The van der Waals surface area contributed by atoms with Gasteiger partial charge in [0, 0.05) is 35.7 Å². The summed E-state index contributed by atoms with van der Waals surface area (Å²) in [5.74, 6) is 0. The maximum atomic E-state index is 4.21. The van der Waals surface area contributed by atoms with E-state index in [-0.39, 0.29) is 0 Å². The van der Waals surface area contributed by atoms with Crippen molar-refractivity contribution < 1.29 is 0 Å². The summed E-state index contributed by atoms with van der Waals surface area (Å²) in [5, 5.41) is 1.22. The molecule has 0 saturated heterocycles. The van der Waals surface area contributed by atoms with Gasteiger partial charge in [-0.2, -0.15) is 0 Å². The Balaban J connectivity index is 1.92. The molecule has 0 aliphatic rings. The average molecular weight is 285 g/mol. The Hall–Kier alpha value is -2.94. The maximum absolute atomic E-state index is 4.21. The van der Waals surface area contributed by atoms with E-state index in [0.29, 0.717) is 0 Å². The highest BCUT2D eigenvalue weighted by Crippen LogP contribution is 2.29. The Kier molecular flexibility index (Phi) is 2.97. The van der Waals surface area contributed by atoms with E-state index < -0.39 is 0 Å². The topological polar surface area (TPSA) is 30.7 Å². The summed E-state index contributed by atoms with van der Waals surface area (Å²) < 4.78 is 2.19. The number of aryl methyl sites for hydroxylation is 1. The van der Waals surface area contributed by atoms with Gasteiger partial charge >= 0.3 is 0 Å². The number of pyridine rings is 2. The number of rotatable bonds is 2. The van der Waals surface area contributed by atoms with Crippen molar-refractivity contribution in [3.63, 3.8) is 0 Å². The summed E-state index contributed by atoms with van der Waals surface area (Å²) in [5.41, 5.74) is 5.88. The van der Waals surface area contributed by atoms with Gasteiger partial charge in [-0.05, 0) is 54.4 Å². The number of fused-ring (bicyclic) bond motifs is 1. The minimum Gasteiger partial charge on any atom is -0.315 e. The molecule has 3 heterocycles. The van der Waals surface area contributed by atoms with Crippen LogP contribution in [-0.4, -0.2) is 14.5 Å². The predicted molar refractivity (Wildman–Crippen MR) is 89.0 cm³/mol. The molecule has 0 aliphatic carbocycles. The lowest BCUT2D eigenvalue weighted by atomic mass is 10.0. The summed E-state index contributed by atoms with van der Waals surface area (Å²) in [7, 11) is 0. The zero-order valence-corrected chi connectivity index (χ0v) is 12.3. The Morgan fingerprint density at radius 1 is 0.864 bits per heavy atom. The highest BCUT2D eigenvalue weighted by molar-refractivity contribution is 5.89. The van der Waals surface area contributed by atoms with Gasteiger partial charge in [-0.15, -0.1) is 0 Å². The van der Waals surface area contributed by atoms with Gasteiger partial charge < -0.3 is 4.57 Å². The highest BCUT2D eigenvalue weighted by Gasteiger charge is 2.09. The number of hydrogen-bond donors (Lipinski definition) is 0. The van der Waals surface area contributed by atoms with E-state index in [9.17, 15) is 0 Å². The van der Waals surface area contributed by atoms with Gasteiger partial charge in [0.15, 0.2) is 0 Å². The van der Waals surface area contributed by atoms with Crippen LogP contribution in [0.2, 0.25) is 0 Å². The minimum atomic E-state index is 1.08. The van der Waals surface area contributed by atoms with E-state index in [1.54, 1.807) is 12.4 Å². The van der Waals surface area contributed by atoms with E-state index in [0.717, 1.165) is 11.3 Å². The molecule has 0 bridgehead atoms. The van der Waals surface area contributed by atoms with Crippen molar-refractivity contribution >= 4 is 10.9 Å². The zero-order chi connectivity index (χ0) is 14.9. The monoisotopic (exact) mass is 285 g/mol. The second kappa shape index (κ2) is 5.11. The average Bonchev–Trinajstić information content (AvgIpc) is 3.01. The summed E-state index contributed by atoms with van der Waals surface area (Å²) in [6.45, 7) is 2.15. The third kappa shape index (κ3) is 2.07. The molecule has 0 aliphatic heterocycles. The Morgan fingerprint density at radius 2 is 1.68 bits per heavy atom. The van der Waals surface area contributed by atoms with Crippen molar-refractivity contribution in [2.75, 3.05) is 0 Å². The van der Waals surface area contributed by atoms with Crippen molar-refractivity contribution in [3.05, 3.63) is 79.0 Å². The summed E-state index contributed by atoms with van der Waals surface area (Å²) in [6, 6.07) is 14.7. The normalized spacial score (nSPS) is 11.0. The molecule has 106 valence electrons. The first-order chi connectivity index (χ1) is 10.8. The molecular weight excluding hydrogens is 270 g/mol. The van der Waals surface area contributed by atoms with Gasteiger partial charge in [-0.3, -0.25) is 9.97 Å². The lowest BCUT2D eigenvalue weighted by Crippen LogP contribution is -1.94. The molecule has 0 N–H and O–H groups in total. The number of hydrogen-bond acceptors (Lipinski definition) is 2. The van der Waals surface area contributed by atoms with Crippen LogP contribution in [0.15, 0.2) is 73.4 Å². The van der Waals surface area contributed by atoms with E-state index >= 15 is 0 Å². The number of nitrogens with zero attached hydrogens (tertiary/aromatic N) is 3. The lowest BCUT2D eigenvalue weighted by molar-refractivity contribution is 1.09. The lowest BCUT2D eigenvalue weighted by Gasteiger charge is -2.09. The van der Waals surface area contributed by atoms with E-state index in [4.69, 9.17) is 0 Å². The van der Waals surface area contributed by atoms with Crippen LogP contribution in [0.4, 0.5) is 0 Å². The first kappa shape index (κ1) is 12.8. The molecule has 0 saturated carbocycles. The number of aromatic nitrogens is 3. The van der Waals surface area contributed by atoms with Crippen LogP contribution in [0.1, 0.15) is 5.56 Å². The van der Waals surface area contributed by atoms with Crippen LogP contribution in [0.3, 0.4) is 0 Å². The van der Waals surface area contributed by atoms with Crippen LogP contribution in [-0.2, 0) is 0 Å². The van der Waals surface area contributed by atoms with E-state index in [1.165, 1.54) is 22.0 Å². The Bertz CT molecular complexity index is 925. The molecule has 22 heavy (non-hydrogen) atoms. The third-order valence-electron chi connectivity index (χ3n) is 3.89. The van der Waals surface area contributed by atoms with Crippen LogP contribution < -0.4 is 0 Å². The van der Waals surface area contributed by atoms with Crippen molar-refractivity contribution in [1.82, 2.24) is 14.5 Å². The smallest absolute Gasteiger partial charge is 0.0639 e. The second-order valence-electron chi connectivity index (χ2n) is 5.37. The summed E-state index contributed by atoms with van der Waals surface area (Å²) >= 11 is 0. The molecule has 3 aromatic heterocycles. The molecular formula is C19H15N3. The van der Waals surface area contributed by atoms with E-state index in [1.807, 2.05) is 24.5 Å². The highest BCUT2D eigenvalue weighted by atomic mass is 15.0. The molecule has 4 rings (SSSR count). The molecule has 0 spiro atoms. The molecule has 4 aromatic rings. The van der Waals surface area contributed by atoms with Gasteiger partial charge in [0.25, 0.3) is 0 Å². The summed E-state index contributed by atoms with van der Waals surface area (Å²) in [4.78, 5) is 8.42. The molecule has 3 nitrogen and oxygen atoms in total. The zero-order valence-electron chi connectivity index (χ0n) is 12.3.